The fraction of sp³-hybridized carbons (Fsp3) is 0.800. The van der Waals surface area contributed by atoms with Gasteiger partial charge in [0.2, 0.25) is 5.91 Å². The van der Waals surface area contributed by atoms with Crippen LogP contribution in [0.25, 0.3) is 0 Å². The van der Waals surface area contributed by atoms with Crippen LogP contribution in [0.5, 0.6) is 0 Å². The second-order valence-electron chi connectivity index (χ2n) is 6.56. The van der Waals surface area contributed by atoms with Crippen LogP contribution in [0.4, 0.5) is 0 Å². The maximum Gasteiger partial charge on any atom is 0.233 e. The van der Waals surface area contributed by atoms with E-state index in [1.54, 1.807) is 0 Å². The van der Waals surface area contributed by atoms with E-state index in [1.807, 2.05) is 0 Å². The smallest absolute Gasteiger partial charge is 0.233 e. The van der Waals surface area contributed by atoms with Gasteiger partial charge in [-0.15, -0.1) is 0 Å². The van der Waals surface area contributed by atoms with Gasteiger partial charge in [0.05, 0.1) is 6.04 Å². The molecule has 1 aliphatic heterocycles. The van der Waals surface area contributed by atoms with E-state index in [-0.39, 0.29) is 17.9 Å². The van der Waals surface area contributed by atoms with Crippen LogP contribution in [0.1, 0.15) is 40.0 Å². The van der Waals surface area contributed by atoms with Gasteiger partial charge >= 0.3 is 0 Å². The van der Waals surface area contributed by atoms with Crippen LogP contribution in [0.15, 0.2) is 11.8 Å². The molecule has 3 heteroatoms. The number of hydrogen-bond acceptors (Lipinski definition) is 2. The van der Waals surface area contributed by atoms with E-state index in [9.17, 15) is 4.79 Å². The highest BCUT2D eigenvalue weighted by Crippen LogP contribution is 2.41. The topological polar surface area (TPSA) is 38.3 Å². The summed E-state index contributed by atoms with van der Waals surface area (Å²) in [6.45, 7) is 6.87. The summed E-state index contributed by atoms with van der Waals surface area (Å²) in [5.41, 5.74) is 0. The first-order valence-corrected chi connectivity index (χ1v) is 7.25. The van der Waals surface area contributed by atoms with Crippen LogP contribution in [-0.4, -0.2) is 18.1 Å². The summed E-state index contributed by atoms with van der Waals surface area (Å²) in [5, 5.41) is 2.86. The first kappa shape index (κ1) is 12.1. The maximum atomic E-state index is 11.4. The predicted molar refractivity (Wildman–Crippen MR) is 69.7 cm³/mol. The number of ether oxygens (including phenoxy) is 1. The quantitative estimate of drug-likeness (QED) is 0.780. The van der Waals surface area contributed by atoms with Gasteiger partial charge in [0.15, 0.2) is 0 Å². The van der Waals surface area contributed by atoms with Crippen LogP contribution >= 0.6 is 0 Å². The zero-order chi connectivity index (χ0) is 12.9. The third-order valence-electron chi connectivity index (χ3n) is 4.85. The summed E-state index contributed by atoms with van der Waals surface area (Å²) in [4.78, 5) is 11.4. The van der Waals surface area contributed by atoms with Crippen molar-refractivity contribution in [1.29, 1.82) is 0 Å². The Kier molecular flexibility index (Phi) is 2.87. The Hall–Kier alpha value is -0.990. The molecular formula is C15H23NO2. The van der Waals surface area contributed by atoms with Crippen molar-refractivity contribution in [3.05, 3.63) is 11.8 Å². The summed E-state index contributed by atoms with van der Waals surface area (Å²) < 4.78 is 6.18. The van der Waals surface area contributed by atoms with Gasteiger partial charge in [-0.2, -0.15) is 0 Å². The van der Waals surface area contributed by atoms with Crippen molar-refractivity contribution in [3.8, 4) is 0 Å². The fourth-order valence-corrected chi connectivity index (χ4v) is 3.55. The number of rotatable bonds is 3. The molecule has 0 aromatic carbocycles. The molecule has 1 N–H and O–H groups in total. The van der Waals surface area contributed by atoms with E-state index in [4.69, 9.17) is 4.74 Å². The third-order valence-corrected chi connectivity index (χ3v) is 4.85. The van der Waals surface area contributed by atoms with Crippen molar-refractivity contribution in [2.45, 2.75) is 52.2 Å². The molecule has 1 saturated carbocycles. The molecule has 2 aliphatic carbocycles. The highest BCUT2D eigenvalue weighted by Gasteiger charge is 2.50. The van der Waals surface area contributed by atoms with Crippen molar-refractivity contribution in [2.75, 3.05) is 0 Å². The van der Waals surface area contributed by atoms with E-state index >= 15 is 0 Å². The lowest BCUT2D eigenvalue weighted by atomic mass is 9.74. The monoisotopic (exact) mass is 249 g/mol. The normalized spacial score (nSPS) is 42.3. The zero-order valence-electron chi connectivity index (χ0n) is 11.5. The summed E-state index contributed by atoms with van der Waals surface area (Å²) in [6.07, 6.45) is 6.10. The molecule has 0 radical (unpaired) electrons. The fourth-order valence-electron chi connectivity index (χ4n) is 3.55. The van der Waals surface area contributed by atoms with Crippen LogP contribution in [-0.2, 0) is 9.53 Å². The second-order valence-corrected chi connectivity index (χ2v) is 6.56. The molecule has 3 aliphatic rings. The number of nitrogens with one attached hydrogen (secondary N) is 1. The Balaban J connectivity index is 1.66. The number of carbonyl (C=O) groups excluding carboxylic acids is 1. The highest BCUT2D eigenvalue weighted by molar-refractivity contribution is 5.91. The zero-order valence-corrected chi connectivity index (χ0v) is 11.5. The Morgan fingerprint density at radius 1 is 1.39 bits per heavy atom. The van der Waals surface area contributed by atoms with E-state index in [0.29, 0.717) is 17.9 Å². The summed E-state index contributed by atoms with van der Waals surface area (Å²) in [5.74, 6) is 3.17. The van der Waals surface area contributed by atoms with Gasteiger partial charge in [0.1, 0.15) is 17.8 Å². The van der Waals surface area contributed by atoms with Crippen LogP contribution in [0, 0.1) is 23.7 Å². The number of amides is 1. The lowest BCUT2D eigenvalue weighted by Gasteiger charge is -2.46. The van der Waals surface area contributed by atoms with Gasteiger partial charge in [-0.1, -0.05) is 27.2 Å². The van der Waals surface area contributed by atoms with Gasteiger partial charge in [0, 0.05) is 0 Å². The van der Waals surface area contributed by atoms with Crippen molar-refractivity contribution >= 4 is 5.91 Å². The number of hydrogen-bond donors (Lipinski definition) is 1. The molecule has 1 saturated heterocycles. The molecule has 3 nitrogen and oxygen atoms in total. The Morgan fingerprint density at radius 2 is 2.17 bits per heavy atom. The number of β-lactam (4-membered cyclic amide) rings is 1. The molecule has 0 spiro atoms. The van der Waals surface area contributed by atoms with E-state index in [1.165, 1.54) is 12.8 Å². The average molecular weight is 249 g/mol. The summed E-state index contributed by atoms with van der Waals surface area (Å²) in [6, 6.07) is 0.269. The van der Waals surface area contributed by atoms with Crippen molar-refractivity contribution < 1.29 is 9.53 Å². The molecule has 100 valence electrons. The minimum absolute atomic E-state index is 0.0371. The molecule has 0 aromatic rings. The Bertz CT molecular complexity index is 388. The SMILES string of the molecule is CC(C)C1CC[C@H](C)CC1OC1=C[C@@H]2NC(=O)[C@@H]12. The molecule has 2 fully saturated rings. The molecule has 5 atom stereocenters. The van der Waals surface area contributed by atoms with Crippen molar-refractivity contribution in [1.82, 2.24) is 5.32 Å². The van der Waals surface area contributed by atoms with Crippen LogP contribution in [0.3, 0.4) is 0 Å². The minimum atomic E-state index is 0.0371. The molecule has 0 bridgehead atoms. The van der Waals surface area contributed by atoms with Gasteiger partial charge < -0.3 is 10.1 Å². The largest absolute Gasteiger partial charge is 0.494 e. The standard InChI is InChI=1S/C15H23NO2/c1-8(2)10-5-4-9(3)6-12(10)18-13-7-11-14(13)15(17)16-11/h7-12,14H,4-6H2,1-3H3,(H,16,17)/t9-,10?,11-,12?,14+/m0/s1. The highest BCUT2D eigenvalue weighted by atomic mass is 16.5. The minimum Gasteiger partial charge on any atom is -0.494 e. The summed E-state index contributed by atoms with van der Waals surface area (Å²) in [7, 11) is 0. The average Bonchev–Trinajstić information content (AvgIpc) is 2.26. The Labute approximate surface area is 109 Å². The van der Waals surface area contributed by atoms with Gasteiger partial charge in [-0.3, -0.25) is 4.79 Å². The summed E-state index contributed by atoms with van der Waals surface area (Å²) >= 11 is 0. The first-order chi connectivity index (χ1) is 8.56. The lowest BCUT2D eigenvalue weighted by molar-refractivity contribution is -0.138. The van der Waals surface area contributed by atoms with Crippen molar-refractivity contribution in [3.63, 3.8) is 0 Å². The molecule has 18 heavy (non-hydrogen) atoms. The molecule has 1 heterocycles. The number of carbonyl (C=O) groups is 1. The maximum absolute atomic E-state index is 11.4. The lowest BCUT2D eigenvalue weighted by Crippen LogP contribution is -2.63. The van der Waals surface area contributed by atoms with Gasteiger partial charge in [0.25, 0.3) is 0 Å². The predicted octanol–water partition coefficient (Wildman–Crippen LogP) is 2.48. The van der Waals surface area contributed by atoms with Crippen LogP contribution in [0.2, 0.25) is 0 Å². The molecule has 3 rings (SSSR count). The number of fused-ring (bicyclic) bond motifs is 1. The van der Waals surface area contributed by atoms with Crippen LogP contribution < -0.4 is 5.32 Å². The molecule has 2 unspecified atom stereocenters. The van der Waals surface area contributed by atoms with E-state index < -0.39 is 0 Å². The van der Waals surface area contributed by atoms with E-state index in [2.05, 4.69) is 32.2 Å². The molecular weight excluding hydrogens is 226 g/mol. The molecule has 1 amide bonds. The molecule has 0 aromatic heterocycles. The first-order valence-electron chi connectivity index (χ1n) is 7.25. The third kappa shape index (κ3) is 1.84. The Morgan fingerprint density at radius 3 is 2.78 bits per heavy atom. The van der Waals surface area contributed by atoms with Gasteiger partial charge in [-0.25, -0.2) is 0 Å². The second kappa shape index (κ2) is 4.29. The van der Waals surface area contributed by atoms with Gasteiger partial charge in [-0.05, 0) is 36.7 Å². The van der Waals surface area contributed by atoms with Crippen molar-refractivity contribution in [2.24, 2.45) is 23.7 Å². The van der Waals surface area contributed by atoms with E-state index in [0.717, 1.165) is 18.1 Å².